The Hall–Kier alpha value is 0.310. The van der Waals surface area contributed by atoms with Crippen molar-refractivity contribution in [2.45, 2.75) is 18.6 Å². The van der Waals surface area contributed by atoms with E-state index in [1.54, 1.807) is 7.11 Å². The van der Waals surface area contributed by atoms with Gasteiger partial charge < -0.3 is 4.74 Å². The molecule has 7 heavy (non-hydrogen) atoms. The molecule has 1 nitrogen and oxygen atoms in total. The number of ether oxygens (including phenoxy) is 1. The van der Waals surface area contributed by atoms with Gasteiger partial charge in [-0.2, -0.15) is 12.6 Å². The predicted octanol–water partition coefficient (Wildman–Crippen LogP) is 1.34. The van der Waals surface area contributed by atoms with Gasteiger partial charge in [-0.3, -0.25) is 0 Å². The zero-order valence-corrected chi connectivity index (χ0v) is 5.74. The summed E-state index contributed by atoms with van der Waals surface area (Å²) in [6.07, 6.45) is 1.04. The molecule has 0 aliphatic rings. The highest BCUT2D eigenvalue weighted by Crippen LogP contribution is 1.97. The van der Waals surface area contributed by atoms with E-state index in [-0.39, 0.29) is 0 Å². The molecule has 0 heterocycles. The number of rotatable bonds is 3. The molecule has 0 radical (unpaired) electrons. The molecule has 0 aromatic carbocycles. The molecule has 0 aliphatic carbocycles. The number of thiol groups is 1. The van der Waals surface area contributed by atoms with Crippen molar-refractivity contribution in [3.8, 4) is 0 Å². The summed E-state index contributed by atoms with van der Waals surface area (Å²) in [7, 11) is 1.70. The summed E-state index contributed by atoms with van der Waals surface area (Å²) in [5.74, 6) is 0. The molecule has 0 N–H and O–H groups in total. The van der Waals surface area contributed by atoms with Crippen LogP contribution in [-0.4, -0.2) is 19.0 Å². The Kier molecular flexibility index (Phi) is 4.67. The molecule has 0 rings (SSSR count). The molecule has 0 aliphatic heterocycles. The Labute approximate surface area is 50.5 Å². The van der Waals surface area contributed by atoms with Gasteiger partial charge in [-0.15, -0.1) is 0 Å². The first-order valence-electron chi connectivity index (χ1n) is 2.44. The second-order valence-corrected chi connectivity index (χ2v) is 2.51. The van der Waals surface area contributed by atoms with Crippen LogP contribution in [0.4, 0.5) is 0 Å². The highest BCUT2D eigenvalue weighted by molar-refractivity contribution is 7.80. The first-order valence-corrected chi connectivity index (χ1v) is 2.96. The van der Waals surface area contributed by atoms with E-state index >= 15 is 0 Å². The number of methoxy groups -OCH3 is 1. The lowest BCUT2D eigenvalue weighted by atomic mass is 10.3. The molecule has 0 saturated heterocycles. The van der Waals surface area contributed by atoms with E-state index in [9.17, 15) is 0 Å². The van der Waals surface area contributed by atoms with Crippen molar-refractivity contribution >= 4 is 12.6 Å². The highest BCUT2D eigenvalue weighted by atomic mass is 32.1. The van der Waals surface area contributed by atoms with Crippen LogP contribution in [0.3, 0.4) is 0 Å². The SMILES string of the molecule is COCCC(C)S. The molecule has 0 aromatic heterocycles. The maximum Gasteiger partial charge on any atom is 0.0472 e. The van der Waals surface area contributed by atoms with Gasteiger partial charge >= 0.3 is 0 Å². The fourth-order valence-electron chi connectivity index (χ4n) is 0.288. The molecule has 0 spiro atoms. The van der Waals surface area contributed by atoms with Gasteiger partial charge in [-0.05, 0) is 6.42 Å². The van der Waals surface area contributed by atoms with Crippen LogP contribution in [0, 0.1) is 0 Å². The quantitative estimate of drug-likeness (QED) is 0.553. The summed E-state index contributed by atoms with van der Waals surface area (Å²) >= 11 is 4.15. The fourth-order valence-corrected chi connectivity index (χ4v) is 0.394. The van der Waals surface area contributed by atoms with Crippen molar-refractivity contribution in [3.63, 3.8) is 0 Å². The third-order valence-corrected chi connectivity index (χ3v) is 0.998. The molecule has 0 fully saturated rings. The lowest BCUT2D eigenvalue weighted by Crippen LogP contribution is -1.96. The summed E-state index contributed by atoms with van der Waals surface area (Å²) in [6, 6.07) is 0. The van der Waals surface area contributed by atoms with Crippen molar-refractivity contribution in [2.75, 3.05) is 13.7 Å². The molecule has 0 amide bonds. The van der Waals surface area contributed by atoms with Gasteiger partial charge in [0.25, 0.3) is 0 Å². The summed E-state index contributed by atoms with van der Waals surface area (Å²) < 4.78 is 4.80. The average molecular weight is 120 g/mol. The first kappa shape index (κ1) is 7.31. The number of hydrogen-bond acceptors (Lipinski definition) is 2. The zero-order chi connectivity index (χ0) is 5.70. The van der Waals surface area contributed by atoms with Crippen LogP contribution in [-0.2, 0) is 4.74 Å². The van der Waals surface area contributed by atoms with E-state index in [2.05, 4.69) is 19.6 Å². The van der Waals surface area contributed by atoms with Crippen molar-refractivity contribution in [3.05, 3.63) is 0 Å². The molecular weight excluding hydrogens is 108 g/mol. The molecule has 1 atom stereocenters. The van der Waals surface area contributed by atoms with Crippen LogP contribution < -0.4 is 0 Å². The maximum atomic E-state index is 4.80. The fraction of sp³-hybridized carbons (Fsp3) is 1.00. The smallest absolute Gasteiger partial charge is 0.0472 e. The van der Waals surface area contributed by atoms with Crippen LogP contribution in [0.25, 0.3) is 0 Å². The van der Waals surface area contributed by atoms with Gasteiger partial charge in [0.2, 0.25) is 0 Å². The topological polar surface area (TPSA) is 9.23 Å². The van der Waals surface area contributed by atoms with Gasteiger partial charge in [0, 0.05) is 19.0 Å². The molecule has 0 saturated carbocycles. The first-order chi connectivity index (χ1) is 3.27. The van der Waals surface area contributed by atoms with Gasteiger partial charge in [0.1, 0.15) is 0 Å². The minimum Gasteiger partial charge on any atom is -0.385 e. The summed E-state index contributed by atoms with van der Waals surface area (Å²) in [6.45, 7) is 2.88. The molecule has 1 unspecified atom stereocenters. The summed E-state index contributed by atoms with van der Waals surface area (Å²) in [5.41, 5.74) is 0. The van der Waals surface area contributed by atoms with Crippen molar-refractivity contribution in [1.29, 1.82) is 0 Å². The molecule has 44 valence electrons. The highest BCUT2D eigenvalue weighted by Gasteiger charge is 1.89. The standard InChI is InChI=1S/C5H12OS/c1-5(7)3-4-6-2/h5,7H,3-4H2,1-2H3. The maximum absolute atomic E-state index is 4.80. The number of hydrogen-bond donors (Lipinski definition) is 1. The third-order valence-electron chi connectivity index (χ3n) is 0.740. The van der Waals surface area contributed by atoms with Crippen molar-refractivity contribution in [1.82, 2.24) is 0 Å². The Balaban J connectivity index is 2.68. The van der Waals surface area contributed by atoms with Crippen LogP contribution in [0.15, 0.2) is 0 Å². The van der Waals surface area contributed by atoms with E-state index in [1.165, 1.54) is 0 Å². The molecule has 0 bridgehead atoms. The van der Waals surface area contributed by atoms with Crippen LogP contribution in [0.5, 0.6) is 0 Å². The van der Waals surface area contributed by atoms with Crippen LogP contribution >= 0.6 is 12.6 Å². The summed E-state index contributed by atoms with van der Waals surface area (Å²) in [5, 5.41) is 0.472. The van der Waals surface area contributed by atoms with Crippen LogP contribution in [0.2, 0.25) is 0 Å². The average Bonchev–Trinajstić information content (AvgIpc) is 1.61. The second kappa shape index (κ2) is 4.47. The van der Waals surface area contributed by atoms with E-state index in [1.807, 2.05) is 0 Å². The molecular formula is C5H12OS. The zero-order valence-electron chi connectivity index (χ0n) is 4.85. The summed E-state index contributed by atoms with van der Waals surface area (Å²) in [4.78, 5) is 0. The monoisotopic (exact) mass is 120 g/mol. The van der Waals surface area contributed by atoms with Gasteiger partial charge in [0.15, 0.2) is 0 Å². The van der Waals surface area contributed by atoms with E-state index < -0.39 is 0 Å². The second-order valence-electron chi connectivity index (χ2n) is 1.63. The van der Waals surface area contributed by atoms with Gasteiger partial charge in [0.05, 0.1) is 0 Å². The predicted molar refractivity (Wildman–Crippen MR) is 34.9 cm³/mol. The minimum absolute atomic E-state index is 0.472. The van der Waals surface area contributed by atoms with Crippen molar-refractivity contribution < 1.29 is 4.74 Å². The van der Waals surface area contributed by atoms with Gasteiger partial charge in [-0.1, -0.05) is 6.92 Å². The van der Waals surface area contributed by atoms with Crippen molar-refractivity contribution in [2.24, 2.45) is 0 Å². The molecule has 2 heteroatoms. The van der Waals surface area contributed by atoms with E-state index in [0.717, 1.165) is 13.0 Å². The van der Waals surface area contributed by atoms with E-state index in [4.69, 9.17) is 4.74 Å². The van der Waals surface area contributed by atoms with Gasteiger partial charge in [-0.25, -0.2) is 0 Å². The molecule has 0 aromatic rings. The Morgan fingerprint density at radius 1 is 1.71 bits per heavy atom. The largest absolute Gasteiger partial charge is 0.385 e. The lowest BCUT2D eigenvalue weighted by Gasteiger charge is -1.99. The van der Waals surface area contributed by atoms with E-state index in [0.29, 0.717) is 5.25 Å². The lowest BCUT2D eigenvalue weighted by molar-refractivity contribution is 0.195. The Morgan fingerprint density at radius 2 is 2.29 bits per heavy atom. The van der Waals surface area contributed by atoms with Crippen LogP contribution in [0.1, 0.15) is 13.3 Å². The Morgan fingerprint density at radius 3 is 2.43 bits per heavy atom. The Bertz CT molecular complexity index is 37.1. The third kappa shape index (κ3) is 6.31. The minimum atomic E-state index is 0.472. The normalized spacial score (nSPS) is 14.1.